The van der Waals surface area contributed by atoms with Crippen molar-refractivity contribution < 1.29 is 0 Å². The maximum Gasteiger partial charge on any atom is 0.105 e. The third-order valence-electron chi connectivity index (χ3n) is 2.75. The highest BCUT2D eigenvalue weighted by Gasteiger charge is 2.25. The van der Waals surface area contributed by atoms with Crippen LogP contribution in [0.5, 0.6) is 0 Å². The lowest BCUT2D eigenvalue weighted by atomic mass is 9.83. The third-order valence-corrected chi connectivity index (χ3v) is 2.75. The van der Waals surface area contributed by atoms with E-state index in [4.69, 9.17) is 5.73 Å². The van der Waals surface area contributed by atoms with Gasteiger partial charge in [0.15, 0.2) is 0 Å². The van der Waals surface area contributed by atoms with Gasteiger partial charge in [-0.25, -0.2) is 4.98 Å². The van der Waals surface area contributed by atoms with E-state index in [1.54, 1.807) is 0 Å². The average Bonchev–Trinajstić information content (AvgIpc) is 2.30. The Kier molecular flexibility index (Phi) is 3.00. The van der Waals surface area contributed by atoms with Crippen molar-refractivity contribution in [3.8, 4) is 0 Å². The SMILES string of the molecule is Cc1ncc(C(C)(C)CC(C)N)n1C. The first kappa shape index (κ1) is 11.2. The topological polar surface area (TPSA) is 43.8 Å². The molecule has 0 aromatic carbocycles. The van der Waals surface area contributed by atoms with Crippen LogP contribution in [0.2, 0.25) is 0 Å². The fraction of sp³-hybridized carbons (Fsp3) is 0.727. The Balaban J connectivity index is 2.97. The quantitative estimate of drug-likeness (QED) is 0.798. The Bertz CT molecular complexity index is 310. The van der Waals surface area contributed by atoms with Crippen molar-refractivity contribution in [1.82, 2.24) is 9.55 Å². The highest BCUT2D eigenvalue weighted by atomic mass is 15.1. The van der Waals surface area contributed by atoms with Crippen molar-refractivity contribution in [2.75, 3.05) is 0 Å². The van der Waals surface area contributed by atoms with Gasteiger partial charge in [0.25, 0.3) is 0 Å². The van der Waals surface area contributed by atoms with Gasteiger partial charge in [0, 0.05) is 30.4 Å². The number of hydrogen-bond donors (Lipinski definition) is 1. The minimum Gasteiger partial charge on any atom is -0.335 e. The van der Waals surface area contributed by atoms with Crippen molar-refractivity contribution in [2.45, 2.75) is 45.6 Å². The molecule has 14 heavy (non-hydrogen) atoms. The molecule has 0 saturated heterocycles. The monoisotopic (exact) mass is 195 g/mol. The number of imidazole rings is 1. The van der Waals surface area contributed by atoms with Gasteiger partial charge in [0.05, 0.1) is 0 Å². The Morgan fingerprint density at radius 1 is 1.57 bits per heavy atom. The second-order valence-electron chi connectivity index (χ2n) is 4.81. The molecule has 80 valence electrons. The molecule has 1 atom stereocenters. The molecule has 1 unspecified atom stereocenters. The van der Waals surface area contributed by atoms with E-state index in [9.17, 15) is 0 Å². The van der Waals surface area contributed by atoms with Crippen LogP contribution in [0.15, 0.2) is 6.20 Å². The third kappa shape index (κ3) is 2.15. The minimum absolute atomic E-state index is 0.101. The van der Waals surface area contributed by atoms with Gasteiger partial charge < -0.3 is 10.3 Å². The van der Waals surface area contributed by atoms with Gasteiger partial charge in [-0.05, 0) is 20.3 Å². The number of aromatic nitrogens is 2. The Morgan fingerprint density at radius 2 is 2.14 bits per heavy atom. The Labute approximate surface area is 86.3 Å². The summed E-state index contributed by atoms with van der Waals surface area (Å²) in [6, 6.07) is 0.222. The molecule has 0 amide bonds. The zero-order chi connectivity index (χ0) is 10.9. The van der Waals surface area contributed by atoms with Crippen molar-refractivity contribution in [1.29, 1.82) is 0 Å². The van der Waals surface area contributed by atoms with Crippen LogP contribution in [-0.4, -0.2) is 15.6 Å². The maximum absolute atomic E-state index is 5.84. The second kappa shape index (κ2) is 3.73. The van der Waals surface area contributed by atoms with Crippen molar-refractivity contribution in [2.24, 2.45) is 12.8 Å². The summed E-state index contributed by atoms with van der Waals surface area (Å²) in [5, 5.41) is 0. The van der Waals surface area contributed by atoms with E-state index < -0.39 is 0 Å². The van der Waals surface area contributed by atoms with Crippen LogP contribution >= 0.6 is 0 Å². The zero-order valence-electron chi connectivity index (χ0n) is 9.83. The minimum atomic E-state index is 0.101. The molecule has 1 aromatic heterocycles. The summed E-state index contributed by atoms with van der Waals surface area (Å²) >= 11 is 0. The maximum atomic E-state index is 5.84. The summed E-state index contributed by atoms with van der Waals surface area (Å²) in [5.41, 5.74) is 7.20. The van der Waals surface area contributed by atoms with E-state index in [0.29, 0.717) is 0 Å². The smallest absolute Gasteiger partial charge is 0.105 e. The number of hydrogen-bond acceptors (Lipinski definition) is 2. The van der Waals surface area contributed by atoms with E-state index in [0.717, 1.165) is 12.2 Å². The number of nitrogens with two attached hydrogens (primary N) is 1. The fourth-order valence-corrected chi connectivity index (χ4v) is 2.04. The molecule has 1 rings (SSSR count). The largest absolute Gasteiger partial charge is 0.335 e. The molecule has 2 N–H and O–H groups in total. The molecule has 3 heteroatoms. The van der Waals surface area contributed by atoms with Crippen LogP contribution in [0.25, 0.3) is 0 Å². The first-order valence-electron chi connectivity index (χ1n) is 5.09. The van der Waals surface area contributed by atoms with Gasteiger partial charge in [-0.3, -0.25) is 0 Å². The average molecular weight is 195 g/mol. The molecular weight excluding hydrogens is 174 g/mol. The van der Waals surface area contributed by atoms with Gasteiger partial charge >= 0.3 is 0 Å². The predicted octanol–water partition coefficient (Wildman–Crippen LogP) is 1.74. The van der Waals surface area contributed by atoms with E-state index in [2.05, 4.69) is 30.4 Å². The molecule has 3 nitrogen and oxygen atoms in total. The summed E-state index contributed by atoms with van der Waals surface area (Å²) < 4.78 is 2.14. The molecular formula is C11H21N3. The second-order valence-corrected chi connectivity index (χ2v) is 4.81. The molecule has 0 aliphatic carbocycles. The van der Waals surface area contributed by atoms with Crippen molar-refractivity contribution in [3.63, 3.8) is 0 Å². The van der Waals surface area contributed by atoms with E-state index in [-0.39, 0.29) is 11.5 Å². The van der Waals surface area contributed by atoms with Crippen LogP contribution in [0.1, 0.15) is 38.7 Å². The Hall–Kier alpha value is -0.830. The summed E-state index contributed by atoms with van der Waals surface area (Å²) in [6.07, 6.45) is 2.93. The molecule has 0 saturated carbocycles. The van der Waals surface area contributed by atoms with Crippen molar-refractivity contribution >= 4 is 0 Å². The molecule has 0 spiro atoms. The summed E-state index contributed by atoms with van der Waals surface area (Å²) in [4.78, 5) is 4.31. The van der Waals surface area contributed by atoms with Crippen LogP contribution < -0.4 is 5.73 Å². The lowest BCUT2D eigenvalue weighted by Gasteiger charge is -2.27. The van der Waals surface area contributed by atoms with E-state index in [1.807, 2.05) is 20.0 Å². The van der Waals surface area contributed by atoms with Gasteiger partial charge in [-0.15, -0.1) is 0 Å². The van der Waals surface area contributed by atoms with Crippen LogP contribution in [0.3, 0.4) is 0 Å². The highest BCUT2D eigenvalue weighted by molar-refractivity contribution is 5.15. The zero-order valence-corrected chi connectivity index (χ0v) is 9.83. The number of rotatable bonds is 3. The number of aryl methyl sites for hydroxylation is 1. The van der Waals surface area contributed by atoms with Crippen molar-refractivity contribution in [3.05, 3.63) is 17.7 Å². The molecule has 0 radical (unpaired) electrons. The van der Waals surface area contributed by atoms with Gasteiger partial charge in [0.2, 0.25) is 0 Å². The molecule has 1 aromatic rings. The first-order chi connectivity index (χ1) is 6.34. The Morgan fingerprint density at radius 3 is 2.50 bits per heavy atom. The molecule has 1 heterocycles. The standard InChI is InChI=1S/C11H21N3/c1-8(12)6-11(3,4)10-7-13-9(2)14(10)5/h7-8H,6,12H2,1-5H3. The van der Waals surface area contributed by atoms with Gasteiger partial charge in [-0.2, -0.15) is 0 Å². The summed E-state index contributed by atoms with van der Waals surface area (Å²) in [5.74, 6) is 1.05. The van der Waals surface area contributed by atoms with Crippen LogP contribution in [-0.2, 0) is 12.5 Å². The van der Waals surface area contributed by atoms with Gasteiger partial charge in [0.1, 0.15) is 5.82 Å². The molecule has 0 fully saturated rings. The lowest BCUT2D eigenvalue weighted by Crippen LogP contribution is -2.30. The van der Waals surface area contributed by atoms with E-state index in [1.165, 1.54) is 5.69 Å². The number of nitrogens with zero attached hydrogens (tertiary/aromatic N) is 2. The molecule has 0 bridgehead atoms. The first-order valence-corrected chi connectivity index (χ1v) is 5.09. The predicted molar refractivity (Wildman–Crippen MR) is 59.2 cm³/mol. The van der Waals surface area contributed by atoms with E-state index >= 15 is 0 Å². The normalized spacial score (nSPS) is 14.4. The van der Waals surface area contributed by atoms with Gasteiger partial charge in [-0.1, -0.05) is 13.8 Å². The molecule has 0 aliphatic rings. The van der Waals surface area contributed by atoms with Crippen LogP contribution in [0.4, 0.5) is 0 Å². The lowest BCUT2D eigenvalue weighted by molar-refractivity contribution is 0.414. The highest BCUT2D eigenvalue weighted by Crippen LogP contribution is 2.27. The fourth-order valence-electron chi connectivity index (χ4n) is 2.04. The molecule has 0 aliphatic heterocycles. The van der Waals surface area contributed by atoms with Crippen LogP contribution in [0, 0.1) is 6.92 Å². The summed E-state index contributed by atoms with van der Waals surface area (Å²) in [7, 11) is 2.06. The summed E-state index contributed by atoms with van der Waals surface area (Å²) in [6.45, 7) is 8.50.